The first-order valence-corrected chi connectivity index (χ1v) is 18.3. The van der Waals surface area contributed by atoms with Gasteiger partial charge in [-0.15, -0.1) is 0 Å². The molecule has 54 heavy (non-hydrogen) atoms. The molecule has 0 aliphatic carbocycles. The SMILES string of the molecule is c1ccc2c(c1)cc(-c1ccc(-c3ccc4ccc5ccc(-c6ccc(-c7ccc8ccc9ccccc9c8n7)cc6)nc5c4n3)cc1)c1ccccc12. The number of rotatable bonds is 4. The van der Waals surface area contributed by atoms with Crippen molar-refractivity contribution in [3.8, 4) is 44.9 Å². The molecule has 0 aliphatic heterocycles. The van der Waals surface area contributed by atoms with Crippen LogP contribution in [0.3, 0.4) is 0 Å². The molecule has 0 spiro atoms. The van der Waals surface area contributed by atoms with Crippen LogP contribution in [0.25, 0.3) is 110 Å². The standard InChI is InChI=1S/C51H31N3/c1-4-10-42-32(7-1)15-22-37-25-28-46(52-49(37)42)35-18-20-36(21-19-35)48-30-27-39-24-23-38-26-29-47(53-50(38)51(39)54-48)34-16-13-33(14-17-34)45-31-40-8-2-3-9-41(40)43-11-5-6-12-44(43)45/h1-31H. The van der Waals surface area contributed by atoms with Crippen LogP contribution in [0.5, 0.6) is 0 Å². The van der Waals surface area contributed by atoms with Crippen LogP contribution >= 0.6 is 0 Å². The lowest BCUT2D eigenvalue weighted by atomic mass is 9.93. The summed E-state index contributed by atoms with van der Waals surface area (Å²) in [7, 11) is 0. The Morgan fingerprint density at radius 1 is 0.241 bits per heavy atom. The van der Waals surface area contributed by atoms with Crippen molar-refractivity contribution in [2.45, 2.75) is 0 Å². The molecule has 250 valence electrons. The van der Waals surface area contributed by atoms with Crippen molar-refractivity contribution in [3.63, 3.8) is 0 Å². The number of fused-ring (bicyclic) bond motifs is 9. The Hall–Kier alpha value is -7.23. The van der Waals surface area contributed by atoms with E-state index in [1.54, 1.807) is 0 Å². The van der Waals surface area contributed by atoms with E-state index >= 15 is 0 Å². The van der Waals surface area contributed by atoms with Gasteiger partial charge < -0.3 is 0 Å². The van der Waals surface area contributed by atoms with Crippen LogP contribution < -0.4 is 0 Å². The summed E-state index contributed by atoms with van der Waals surface area (Å²) in [5.41, 5.74) is 11.3. The second-order valence-electron chi connectivity index (χ2n) is 14.0. The topological polar surface area (TPSA) is 38.7 Å². The summed E-state index contributed by atoms with van der Waals surface area (Å²) < 4.78 is 0. The van der Waals surface area contributed by atoms with Gasteiger partial charge in [-0.1, -0.05) is 164 Å². The average molecular weight is 686 g/mol. The summed E-state index contributed by atoms with van der Waals surface area (Å²) >= 11 is 0. The molecule has 3 heterocycles. The average Bonchev–Trinajstić information content (AvgIpc) is 3.25. The highest BCUT2D eigenvalue weighted by molar-refractivity contribution is 6.14. The van der Waals surface area contributed by atoms with Gasteiger partial charge in [0.15, 0.2) is 0 Å². The van der Waals surface area contributed by atoms with E-state index in [1.807, 2.05) is 0 Å². The third-order valence-corrected chi connectivity index (χ3v) is 10.8. The van der Waals surface area contributed by atoms with E-state index in [1.165, 1.54) is 43.4 Å². The third kappa shape index (κ3) is 5.02. The van der Waals surface area contributed by atoms with Crippen molar-refractivity contribution in [1.29, 1.82) is 0 Å². The first-order chi connectivity index (χ1) is 26.7. The maximum absolute atomic E-state index is 5.23. The minimum absolute atomic E-state index is 0.901. The molecule has 0 aliphatic rings. The molecule has 11 aromatic rings. The largest absolute Gasteiger partial charge is 0.247 e. The molecule has 0 unspecified atom stereocenters. The molecule has 0 saturated carbocycles. The fourth-order valence-corrected chi connectivity index (χ4v) is 8.03. The van der Waals surface area contributed by atoms with Crippen LogP contribution in [-0.4, -0.2) is 15.0 Å². The van der Waals surface area contributed by atoms with Gasteiger partial charge in [-0.2, -0.15) is 0 Å². The van der Waals surface area contributed by atoms with Crippen molar-refractivity contribution in [3.05, 3.63) is 188 Å². The Balaban J connectivity index is 0.940. The Labute approximate surface area is 311 Å². The summed E-state index contributed by atoms with van der Waals surface area (Å²) in [6.07, 6.45) is 0. The van der Waals surface area contributed by atoms with Crippen molar-refractivity contribution in [2.75, 3.05) is 0 Å². The molecule has 0 radical (unpaired) electrons. The van der Waals surface area contributed by atoms with Gasteiger partial charge in [-0.05, 0) is 62.3 Å². The molecule has 0 atom stereocenters. The van der Waals surface area contributed by atoms with Gasteiger partial charge in [0.25, 0.3) is 0 Å². The van der Waals surface area contributed by atoms with Gasteiger partial charge in [0.05, 0.1) is 33.6 Å². The molecule has 0 bridgehead atoms. The maximum Gasteiger partial charge on any atom is 0.0972 e. The van der Waals surface area contributed by atoms with Crippen molar-refractivity contribution < 1.29 is 0 Å². The molecule has 11 rings (SSSR count). The van der Waals surface area contributed by atoms with E-state index < -0.39 is 0 Å². The predicted molar refractivity (Wildman–Crippen MR) is 227 cm³/mol. The molecule has 0 N–H and O–H groups in total. The summed E-state index contributed by atoms with van der Waals surface area (Å²) in [4.78, 5) is 15.5. The number of nitrogens with zero attached hydrogens (tertiary/aromatic N) is 3. The molecule has 8 aromatic carbocycles. The number of pyridine rings is 3. The quantitative estimate of drug-likeness (QED) is 0.173. The van der Waals surface area contributed by atoms with Gasteiger partial charge in [-0.3, -0.25) is 0 Å². The Morgan fingerprint density at radius 2 is 0.630 bits per heavy atom. The molecule has 0 saturated heterocycles. The number of hydrogen-bond acceptors (Lipinski definition) is 3. The van der Waals surface area contributed by atoms with Crippen LogP contribution in [0.2, 0.25) is 0 Å². The van der Waals surface area contributed by atoms with Crippen LogP contribution in [0, 0.1) is 0 Å². The molecular formula is C51H31N3. The minimum Gasteiger partial charge on any atom is -0.247 e. The molecule has 0 fully saturated rings. The monoisotopic (exact) mass is 685 g/mol. The third-order valence-electron chi connectivity index (χ3n) is 10.8. The zero-order chi connectivity index (χ0) is 35.6. The highest BCUT2D eigenvalue weighted by Gasteiger charge is 2.12. The fourth-order valence-electron chi connectivity index (χ4n) is 8.03. The lowest BCUT2D eigenvalue weighted by molar-refractivity contribution is 1.36. The Morgan fingerprint density at radius 3 is 1.20 bits per heavy atom. The number of hydrogen-bond donors (Lipinski definition) is 0. The molecule has 3 aromatic heterocycles. The number of benzene rings is 8. The van der Waals surface area contributed by atoms with E-state index in [9.17, 15) is 0 Å². The Kier molecular flexibility index (Phi) is 6.86. The van der Waals surface area contributed by atoms with Crippen molar-refractivity contribution in [1.82, 2.24) is 15.0 Å². The summed E-state index contributed by atoms with van der Waals surface area (Å²) in [5, 5.41) is 10.7. The first-order valence-electron chi connectivity index (χ1n) is 18.3. The summed E-state index contributed by atoms with van der Waals surface area (Å²) in [6, 6.07) is 66.8. The summed E-state index contributed by atoms with van der Waals surface area (Å²) in [5.74, 6) is 0. The minimum atomic E-state index is 0.901. The van der Waals surface area contributed by atoms with E-state index in [-0.39, 0.29) is 0 Å². The van der Waals surface area contributed by atoms with Gasteiger partial charge in [0.2, 0.25) is 0 Å². The summed E-state index contributed by atoms with van der Waals surface area (Å²) in [6.45, 7) is 0. The van der Waals surface area contributed by atoms with Crippen LogP contribution in [0.1, 0.15) is 0 Å². The van der Waals surface area contributed by atoms with Gasteiger partial charge in [0, 0.05) is 38.2 Å². The van der Waals surface area contributed by atoms with Crippen LogP contribution in [-0.2, 0) is 0 Å². The normalized spacial score (nSPS) is 11.7. The zero-order valence-electron chi connectivity index (χ0n) is 29.2. The molecular weight excluding hydrogens is 655 g/mol. The van der Waals surface area contributed by atoms with E-state index in [2.05, 4.69) is 188 Å². The van der Waals surface area contributed by atoms with Crippen LogP contribution in [0.15, 0.2) is 188 Å². The highest BCUT2D eigenvalue weighted by Crippen LogP contribution is 2.36. The van der Waals surface area contributed by atoms with E-state index in [0.717, 1.165) is 66.5 Å². The maximum atomic E-state index is 5.23. The van der Waals surface area contributed by atoms with Gasteiger partial charge in [-0.25, -0.2) is 15.0 Å². The predicted octanol–water partition coefficient (Wildman–Crippen LogP) is 13.5. The Bertz CT molecular complexity index is 3260. The van der Waals surface area contributed by atoms with Crippen molar-refractivity contribution in [2.24, 2.45) is 0 Å². The second-order valence-corrected chi connectivity index (χ2v) is 14.0. The fraction of sp³-hybridized carbons (Fsp3) is 0. The molecule has 0 amide bonds. The van der Waals surface area contributed by atoms with Crippen LogP contribution in [0.4, 0.5) is 0 Å². The first kappa shape index (κ1) is 30.4. The lowest BCUT2D eigenvalue weighted by Crippen LogP contribution is -1.91. The van der Waals surface area contributed by atoms with E-state index in [0.29, 0.717) is 0 Å². The smallest absolute Gasteiger partial charge is 0.0972 e. The van der Waals surface area contributed by atoms with Crippen molar-refractivity contribution >= 4 is 65.0 Å². The van der Waals surface area contributed by atoms with E-state index in [4.69, 9.17) is 15.0 Å². The zero-order valence-corrected chi connectivity index (χ0v) is 29.2. The lowest BCUT2D eigenvalue weighted by Gasteiger charge is -2.12. The number of aromatic nitrogens is 3. The second kappa shape index (κ2) is 12.2. The highest BCUT2D eigenvalue weighted by atomic mass is 14.8. The van der Waals surface area contributed by atoms with Gasteiger partial charge >= 0.3 is 0 Å². The van der Waals surface area contributed by atoms with Gasteiger partial charge in [0.1, 0.15) is 0 Å². The molecule has 3 nitrogen and oxygen atoms in total. The molecule has 3 heteroatoms.